The number of thiazole rings is 1. The number of carbonyl (C=O) groups is 1. The van der Waals surface area contributed by atoms with Crippen LogP contribution >= 0.6 is 11.3 Å². The van der Waals surface area contributed by atoms with Gasteiger partial charge in [-0.05, 0) is 30.7 Å². The molecule has 3 rings (SSSR count). The minimum absolute atomic E-state index is 0.317. The Morgan fingerprint density at radius 3 is 2.73 bits per heavy atom. The summed E-state index contributed by atoms with van der Waals surface area (Å²) in [6.45, 7) is 2.57. The fraction of sp³-hybridized carbons (Fsp3) is 0.263. The molecule has 0 saturated carbocycles. The second-order valence-corrected chi connectivity index (χ2v) is 6.62. The molecule has 26 heavy (non-hydrogen) atoms. The highest BCUT2D eigenvalue weighted by atomic mass is 32.1. The molecule has 0 fully saturated rings. The first-order valence-corrected chi connectivity index (χ1v) is 8.99. The van der Waals surface area contributed by atoms with Crippen molar-refractivity contribution in [3.63, 3.8) is 0 Å². The summed E-state index contributed by atoms with van der Waals surface area (Å²) in [4.78, 5) is 17.4. The van der Waals surface area contributed by atoms with Crippen molar-refractivity contribution < 1.29 is 18.7 Å². The normalized spacial score (nSPS) is 11.8. The lowest BCUT2D eigenvalue weighted by molar-refractivity contribution is 0.0995. The Morgan fingerprint density at radius 1 is 1.23 bits per heavy atom. The first kappa shape index (κ1) is 18.1. The second-order valence-electron chi connectivity index (χ2n) is 5.61. The van der Waals surface area contributed by atoms with Gasteiger partial charge in [0.1, 0.15) is 17.3 Å². The molecule has 0 aliphatic heterocycles. The summed E-state index contributed by atoms with van der Waals surface area (Å²) >= 11 is 1.29. The van der Waals surface area contributed by atoms with E-state index in [9.17, 15) is 9.18 Å². The van der Waals surface area contributed by atoms with Gasteiger partial charge in [-0.15, -0.1) is 0 Å². The zero-order valence-corrected chi connectivity index (χ0v) is 15.6. The molecule has 0 unspecified atom stereocenters. The van der Waals surface area contributed by atoms with Crippen LogP contribution < -0.4 is 14.3 Å². The van der Waals surface area contributed by atoms with Gasteiger partial charge in [0.15, 0.2) is 4.80 Å². The third-order valence-electron chi connectivity index (χ3n) is 3.94. The standard InChI is InChI=1S/C19H19FN2O3S/c1-4-10-22-17-14(20)6-5-7-16(17)26-19(22)21-18(23)13-9-8-12(24-2)11-15(13)25-3/h5-9,11H,4,10H2,1-3H3. The van der Waals surface area contributed by atoms with Gasteiger partial charge < -0.3 is 14.0 Å². The van der Waals surface area contributed by atoms with Crippen molar-refractivity contribution in [2.45, 2.75) is 19.9 Å². The molecule has 0 radical (unpaired) electrons. The third kappa shape index (κ3) is 3.35. The van der Waals surface area contributed by atoms with Crippen molar-refractivity contribution in [1.82, 2.24) is 4.57 Å². The van der Waals surface area contributed by atoms with Crippen molar-refractivity contribution in [2.75, 3.05) is 14.2 Å². The van der Waals surface area contributed by atoms with E-state index in [1.807, 2.05) is 13.0 Å². The monoisotopic (exact) mass is 374 g/mol. The fourth-order valence-electron chi connectivity index (χ4n) is 2.73. The summed E-state index contributed by atoms with van der Waals surface area (Å²) in [5.74, 6) is 0.209. The van der Waals surface area contributed by atoms with Gasteiger partial charge in [0.25, 0.3) is 5.91 Å². The lowest BCUT2D eigenvalue weighted by Gasteiger charge is -2.07. The molecule has 3 aromatic rings. The number of hydrogen-bond acceptors (Lipinski definition) is 4. The molecular weight excluding hydrogens is 355 g/mol. The highest BCUT2D eigenvalue weighted by Gasteiger charge is 2.15. The van der Waals surface area contributed by atoms with Crippen molar-refractivity contribution in [3.05, 3.63) is 52.6 Å². The molecule has 0 spiro atoms. The molecule has 0 aliphatic rings. The van der Waals surface area contributed by atoms with Crippen LogP contribution in [0.1, 0.15) is 23.7 Å². The number of fused-ring (bicyclic) bond motifs is 1. The maximum Gasteiger partial charge on any atom is 0.283 e. The first-order valence-electron chi connectivity index (χ1n) is 8.18. The largest absolute Gasteiger partial charge is 0.497 e. The molecule has 0 saturated heterocycles. The van der Waals surface area contributed by atoms with E-state index in [4.69, 9.17) is 9.47 Å². The fourth-order valence-corrected chi connectivity index (χ4v) is 3.79. The van der Waals surface area contributed by atoms with Crippen molar-refractivity contribution in [1.29, 1.82) is 0 Å². The minimum atomic E-state index is -0.443. The van der Waals surface area contributed by atoms with Crippen molar-refractivity contribution in [3.8, 4) is 11.5 Å². The van der Waals surface area contributed by atoms with Gasteiger partial charge in [0, 0.05) is 12.6 Å². The second kappa shape index (κ2) is 7.70. The number of para-hydroxylation sites is 1. The number of amides is 1. The molecule has 136 valence electrons. The van der Waals surface area contributed by atoms with Crippen LogP contribution in [0.25, 0.3) is 10.2 Å². The molecule has 2 aromatic carbocycles. The highest BCUT2D eigenvalue weighted by Crippen LogP contribution is 2.25. The molecule has 0 aliphatic carbocycles. The Morgan fingerprint density at radius 2 is 2.04 bits per heavy atom. The predicted molar refractivity (Wildman–Crippen MR) is 99.5 cm³/mol. The number of nitrogens with zero attached hydrogens (tertiary/aromatic N) is 2. The van der Waals surface area contributed by atoms with Crippen molar-refractivity contribution in [2.24, 2.45) is 4.99 Å². The summed E-state index contributed by atoms with van der Waals surface area (Å²) < 4.78 is 27.2. The number of hydrogen-bond donors (Lipinski definition) is 0. The Labute approximate surface area is 154 Å². The molecule has 7 heteroatoms. The topological polar surface area (TPSA) is 52.8 Å². The van der Waals surface area contributed by atoms with Gasteiger partial charge in [0.05, 0.1) is 30.0 Å². The van der Waals surface area contributed by atoms with Crippen LogP contribution in [0.15, 0.2) is 41.4 Å². The van der Waals surface area contributed by atoms with E-state index in [0.29, 0.717) is 33.9 Å². The molecular formula is C19H19FN2O3S. The van der Waals surface area contributed by atoms with E-state index >= 15 is 0 Å². The zero-order chi connectivity index (χ0) is 18.7. The lowest BCUT2D eigenvalue weighted by atomic mass is 10.2. The van der Waals surface area contributed by atoms with Gasteiger partial charge >= 0.3 is 0 Å². The predicted octanol–water partition coefficient (Wildman–Crippen LogP) is 4.01. The van der Waals surface area contributed by atoms with E-state index in [0.717, 1.165) is 11.1 Å². The Hall–Kier alpha value is -2.67. The van der Waals surface area contributed by atoms with Gasteiger partial charge in [-0.1, -0.05) is 24.3 Å². The van der Waals surface area contributed by atoms with Crippen LogP contribution in [0.4, 0.5) is 4.39 Å². The molecule has 5 nitrogen and oxygen atoms in total. The number of ether oxygens (including phenoxy) is 2. The van der Waals surface area contributed by atoms with Gasteiger partial charge in [-0.3, -0.25) is 4.79 Å². The average Bonchev–Trinajstić information content (AvgIpc) is 2.99. The summed E-state index contributed by atoms with van der Waals surface area (Å²) in [6, 6.07) is 9.82. The maximum absolute atomic E-state index is 14.3. The highest BCUT2D eigenvalue weighted by molar-refractivity contribution is 7.16. The first-order chi connectivity index (χ1) is 12.6. The molecule has 1 aromatic heterocycles. The van der Waals surface area contributed by atoms with Crippen LogP contribution in [-0.4, -0.2) is 24.7 Å². The average molecular weight is 374 g/mol. The number of aryl methyl sites for hydroxylation is 1. The van der Waals surface area contributed by atoms with Gasteiger partial charge in [-0.2, -0.15) is 4.99 Å². The molecule has 1 heterocycles. The number of benzene rings is 2. The number of rotatable bonds is 5. The van der Waals surface area contributed by atoms with E-state index in [-0.39, 0.29) is 5.82 Å². The molecule has 0 atom stereocenters. The summed E-state index contributed by atoms with van der Waals surface area (Å²) in [5, 5.41) is 0. The molecule has 1 amide bonds. The lowest BCUT2D eigenvalue weighted by Crippen LogP contribution is -2.17. The van der Waals surface area contributed by atoms with Crippen LogP contribution in [0.2, 0.25) is 0 Å². The summed E-state index contributed by atoms with van der Waals surface area (Å²) in [7, 11) is 3.03. The third-order valence-corrected chi connectivity index (χ3v) is 4.98. The van der Waals surface area contributed by atoms with Crippen LogP contribution in [0, 0.1) is 5.82 Å². The number of methoxy groups -OCH3 is 2. The van der Waals surface area contributed by atoms with E-state index in [1.165, 1.54) is 24.5 Å². The van der Waals surface area contributed by atoms with Gasteiger partial charge in [-0.25, -0.2) is 4.39 Å². The van der Waals surface area contributed by atoms with Crippen molar-refractivity contribution >= 4 is 27.5 Å². The van der Waals surface area contributed by atoms with Crippen LogP contribution in [-0.2, 0) is 6.54 Å². The Bertz CT molecular complexity index is 1020. The SMILES string of the molecule is CCCn1c(=NC(=O)c2ccc(OC)cc2OC)sc2cccc(F)c21. The smallest absolute Gasteiger partial charge is 0.283 e. The van der Waals surface area contributed by atoms with E-state index < -0.39 is 5.91 Å². The van der Waals surface area contributed by atoms with E-state index in [2.05, 4.69) is 4.99 Å². The number of aromatic nitrogens is 1. The van der Waals surface area contributed by atoms with Crippen LogP contribution in [0.3, 0.4) is 0 Å². The Kier molecular flexibility index (Phi) is 5.37. The Balaban J connectivity index is 2.14. The molecule has 0 N–H and O–H groups in total. The minimum Gasteiger partial charge on any atom is -0.497 e. The summed E-state index contributed by atoms with van der Waals surface area (Å²) in [6.07, 6.45) is 0.799. The van der Waals surface area contributed by atoms with Gasteiger partial charge in [0.2, 0.25) is 0 Å². The van der Waals surface area contributed by atoms with E-state index in [1.54, 1.807) is 35.9 Å². The zero-order valence-electron chi connectivity index (χ0n) is 14.8. The number of halogens is 1. The summed E-state index contributed by atoms with van der Waals surface area (Å²) in [5.41, 5.74) is 0.807. The quantitative estimate of drug-likeness (QED) is 0.678. The maximum atomic E-state index is 14.3. The van der Waals surface area contributed by atoms with Crippen LogP contribution in [0.5, 0.6) is 11.5 Å². The molecule has 0 bridgehead atoms. The number of carbonyl (C=O) groups excluding carboxylic acids is 1.